The number of carbonyl (C=O) groups excluding carboxylic acids is 2. The molecule has 0 unspecified atom stereocenters. The summed E-state index contributed by atoms with van der Waals surface area (Å²) in [4.78, 5) is 36.4. The highest BCUT2D eigenvalue weighted by Crippen LogP contribution is 2.51. The van der Waals surface area contributed by atoms with Crippen molar-refractivity contribution in [3.63, 3.8) is 0 Å². The van der Waals surface area contributed by atoms with Crippen LogP contribution in [0.15, 0.2) is 41.5 Å². The van der Waals surface area contributed by atoms with E-state index in [4.69, 9.17) is 5.73 Å². The zero-order valence-corrected chi connectivity index (χ0v) is 20.7. The number of hydrogen-bond acceptors (Lipinski definition) is 5. The first-order chi connectivity index (χ1) is 16.7. The minimum atomic E-state index is -0.433. The molecule has 1 aliphatic carbocycles. The van der Waals surface area contributed by atoms with Crippen LogP contribution in [0.2, 0.25) is 0 Å². The Kier molecular flexibility index (Phi) is 6.74. The topological polar surface area (TPSA) is 101 Å². The summed E-state index contributed by atoms with van der Waals surface area (Å²) in [6, 6.07) is 8.02. The molecule has 2 amide bonds. The van der Waals surface area contributed by atoms with Gasteiger partial charge in [0.1, 0.15) is 11.5 Å². The van der Waals surface area contributed by atoms with Crippen LogP contribution in [0, 0.1) is 24.1 Å². The summed E-state index contributed by atoms with van der Waals surface area (Å²) < 4.78 is 14.3. The van der Waals surface area contributed by atoms with Crippen LogP contribution in [0.1, 0.15) is 60.4 Å². The van der Waals surface area contributed by atoms with Crippen LogP contribution in [0.3, 0.4) is 0 Å². The molecule has 35 heavy (non-hydrogen) atoms. The van der Waals surface area contributed by atoms with Gasteiger partial charge in [-0.05, 0) is 80.5 Å². The fourth-order valence-corrected chi connectivity index (χ4v) is 4.86. The number of pyridine rings is 1. The van der Waals surface area contributed by atoms with E-state index < -0.39 is 11.7 Å². The summed E-state index contributed by atoms with van der Waals surface area (Å²) >= 11 is 0. The molecule has 1 aliphatic heterocycles. The first kappa shape index (κ1) is 24.6. The van der Waals surface area contributed by atoms with Gasteiger partial charge in [0.15, 0.2) is 0 Å². The number of nitrogens with one attached hydrogen (secondary N) is 1. The van der Waals surface area contributed by atoms with Gasteiger partial charge in [-0.15, -0.1) is 0 Å². The van der Waals surface area contributed by atoms with Gasteiger partial charge in [-0.25, -0.2) is 9.37 Å². The Labute approximate surface area is 205 Å². The Hall–Kier alpha value is -3.55. The molecule has 184 valence electrons. The van der Waals surface area contributed by atoms with E-state index in [1.807, 2.05) is 6.07 Å². The number of carbonyl (C=O) groups is 2. The number of amides is 2. The van der Waals surface area contributed by atoms with Crippen molar-refractivity contribution in [2.24, 2.45) is 22.1 Å². The predicted octanol–water partition coefficient (Wildman–Crippen LogP) is 4.00. The van der Waals surface area contributed by atoms with E-state index in [1.54, 1.807) is 37.9 Å². The lowest BCUT2D eigenvalue weighted by Crippen LogP contribution is -2.34. The number of aliphatic imine (C=N–C) groups is 1. The van der Waals surface area contributed by atoms with Crippen LogP contribution < -0.4 is 16.0 Å². The summed E-state index contributed by atoms with van der Waals surface area (Å²) in [5.41, 5.74) is 9.46. The van der Waals surface area contributed by atoms with Gasteiger partial charge in [0.2, 0.25) is 5.91 Å². The number of benzene rings is 1. The van der Waals surface area contributed by atoms with Gasteiger partial charge in [0.05, 0.1) is 5.41 Å². The second-order valence-electron chi connectivity index (χ2n) is 9.67. The summed E-state index contributed by atoms with van der Waals surface area (Å²) in [7, 11) is 1.64. The molecule has 4 rings (SSSR count). The monoisotopic (exact) mass is 477 g/mol. The van der Waals surface area contributed by atoms with E-state index in [-0.39, 0.29) is 23.6 Å². The van der Waals surface area contributed by atoms with Crippen LogP contribution in [-0.4, -0.2) is 36.1 Å². The molecule has 2 fully saturated rings. The first-order valence-electron chi connectivity index (χ1n) is 11.9. The van der Waals surface area contributed by atoms with Crippen LogP contribution in [0.25, 0.3) is 5.57 Å². The number of aromatic nitrogens is 1. The molecule has 7 nitrogen and oxygen atoms in total. The first-order valence-corrected chi connectivity index (χ1v) is 11.9. The number of aryl methyl sites for hydroxylation is 1. The third kappa shape index (κ3) is 4.97. The quantitative estimate of drug-likeness (QED) is 0.589. The molecule has 2 aromatic rings. The number of rotatable bonds is 7. The van der Waals surface area contributed by atoms with E-state index >= 15 is 0 Å². The Morgan fingerprint density at radius 3 is 2.71 bits per heavy atom. The predicted molar refractivity (Wildman–Crippen MR) is 136 cm³/mol. The molecule has 0 spiro atoms. The van der Waals surface area contributed by atoms with Crippen molar-refractivity contribution in [3.05, 3.63) is 64.9 Å². The average molecular weight is 478 g/mol. The van der Waals surface area contributed by atoms with Crippen LogP contribution in [0.4, 0.5) is 10.1 Å². The van der Waals surface area contributed by atoms with Gasteiger partial charge in [0.25, 0.3) is 5.91 Å². The lowest BCUT2D eigenvalue weighted by molar-refractivity contribution is -0.125. The smallest absolute Gasteiger partial charge is 0.270 e. The second kappa shape index (κ2) is 9.60. The Morgan fingerprint density at radius 2 is 2.06 bits per heavy atom. The molecule has 1 aromatic heterocycles. The molecule has 8 heteroatoms. The molecule has 0 radical (unpaired) electrons. The molecule has 1 atom stereocenters. The van der Waals surface area contributed by atoms with Gasteiger partial charge in [-0.3, -0.25) is 14.6 Å². The van der Waals surface area contributed by atoms with Gasteiger partial charge in [0, 0.05) is 49.0 Å². The van der Waals surface area contributed by atoms with Gasteiger partial charge in [-0.2, -0.15) is 0 Å². The molecule has 3 N–H and O–H groups in total. The summed E-state index contributed by atoms with van der Waals surface area (Å²) in [6.07, 6.45) is 4.43. The maximum atomic E-state index is 14.3. The molecule has 1 saturated carbocycles. The fraction of sp³-hybridized carbons (Fsp3) is 0.407. The summed E-state index contributed by atoms with van der Waals surface area (Å²) in [6.45, 7) is 6.40. The highest BCUT2D eigenvalue weighted by atomic mass is 19.1. The zero-order valence-electron chi connectivity index (χ0n) is 20.7. The minimum absolute atomic E-state index is 0.108. The van der Waals surface area contributed by atoms with Crippen molar-refractivity contribution in [3.8, 4) is 0 Å². The van der Waals surface area contributed by atoms with Gasteiger partial charge in [-0.1, -0.05) is 6.92 Å². The van der Waals surface area contributed by atoms with Crippen molar-refractivity contribution in [1.82, 2.24) is 10.3 Å². The molecule has 1 aromatic carbocycles. The van der Waals surface area contributed by atoms with Crippen molar-refractivity contribution < 1.29 is 14.0 Å². The largest absolute Gasteiger partial charge is 0.404 e. The van der Waals surface area contributed by atoms with Crippen LogP contribution in [0.5, 0.6) is 0 Å². The number of allylic oxidation sites excluding steroid dienone is 1. The SMILES string of the molecule is CN=C(C)C(=CN)c1cc(F)cc(CNC(=O)c2cc(N3CC[C@@](C)(C4CC4)C3=O)cc(C)n2)c1. The number of nitrogens with two attached hydrogens (primary N) is 1. The van der Waals surface area contributed by atoms with Crippen molar-refractivity contribution in [1.29, 1.82) is 0 Å². The number of anilines is 1. The van der Waals surface area contributed by atoms with Crippen molar-refractivity contribution >= 4 is 28.8 Å². The number of halogens is 1. The molecule has 1 saturated heterocycles. The fourth-order valence-electron chi connectivity index (χ4n) is 4.86. The Morgan fingerprint density at radius 1 is 1.31 bits per heavy atom. The number of nitrogens with zero attached hydrogens (tertiary/aromatic N) is 3. The number of hydrogen-bond donors (Lipinski definition) is 2. The zero-order chi connectivity index (χ0) is 25.3. The third-order valence-electron chi connectivity index (χ3n) is 7.16. The minimum Gasteiger partial charge on any atom is -0.404 e. The standard InChI is InChI=1S/C27H32FN5O2/c1-16-9-22(33-8-7-27(3,26(33)35)20-5-6-20)13-24(32-16)25(34)31-15-18-10-19(12-21(28)11-18)23(14-29)17(2)30-4/h9-14,20H,5-8,15,29H2,1-4H3,(H,31,34)/t27-/m0/s1. The van der Waals surface area contributed by atoms with E-state index in [1.165, 1.54) is 18.3 Å². The van der Waals surface area contributed by atoms with Gasteiger partial charge < -0.3 is 16.0 Å². The third-order valence-corrected chi connectivity index (χ3v) is 7.16. The van der Waals surface area contributed by atoms with Crippen molar-refractivity contribution in [2.75, 3.05) is 18.5 Å². The average Bonchev–Trinajstić information content (AvgIpc) is 3.64. The normalized spacial score (nSPS) is 20.9. The lowest BCUT2D eigenvalue weighted by atomic mass is 9.83. The Balaban J connectivity index is 1.51. The van der Waals surface area contributed by atoms with Crippen molar-refractivity contribution in [2.45, 2.75) is 46.6 Å². The summed E-state index contributed by atoms with van der Waals surface area (Å²) in [5, 5.41) is 2.82. The molecule has 0 bridgehead atoms. The maximum Gasteiger partial charge on any atom is 0.270 e. The van der Waals surface area contributed by atoms with E-state index in [0.29, 0.717) is 46.3 Å². The lowest BCUT2D eigenvalue weighted by Gasteiger charge is -2.23. The highest BCUT2D eigenvalue weighted by molar-refractivity contribution is 6.22. The second-order valence-corrected chi connectivity index (χ2v) is 9.67. The summed E-state index contributed by atoms with van der Waals surface area (Å²) in [5.74, 6) is -0.238. The molecular formula is C27H32FN5O2. The highest BCUT2D eigenvalue weighted by Gasteiger charge is 2.52. The molecule has 2 heterocycles. The van der Waals surface area contributed by atoms with Crippen LogP contribution in [-0.2, 0) is 11.3 Å². The van der Waals surface area contributed by atoms with Gasteiger partial charge >= 0.3 is 0 Å². The van der Waals surface area contributed by atoms with E-state index in [9.17, 15) is 14.0 Å². The van der Waals surface area contributed by atoms with E-state index in [0.717, 1.165) is 19.3 Å². The van der Waals surface area contributed by atoms with E-state index in [2.05, 4.69) is 22.2 Å². The molecular weight excluding hydrogens is 445 g/mol. The van der Waals surface area contributed by atoms with Crippen LogP contribution >= 0.6 is 0 Å². The Bertz CT molecular complexity index is 1230. The maximum absolute atomic E-state index is 14.3. The molecule has 2 aliphatic rings.